The summed E-state index contributed by atoms with van der Waals surface area (Å²) in [6, 6.07) is 11.2. The van der Waals surface area contributed by atoms with Crippen molar-refractivity contribution in [2.75, 3.05) is 0 Å². The summed E-state index contributed by atoms with van der Waals surface area (Å²) in [6.45, 7) is 0. The van der Waals surface area contributed by atoms with E-state index in [1.54, 1.807) is 12.1 Å². The van der Waals surface area contributed by atoms with Gasteiger partial charge in [0.15, 0.2) is 0 Å². The monoisotopic (exact) mass is 278 g/mol. The third-order valence-electron chi connectivity index (χ3n) is 3.75. The zero-order valence-electron chi connectivity index (χ0n) is 11.8. The maximum Gasteiger partial charge on any atom is 0.123 e. The second-order valence-electron chi connectivity index (χ2n) is 5.30. The van der Waals surface area contributed by atoms with E-state index < -0.39 is 0 Å². The quantitative estimate of drug-likeness (QED) is 0.751. The molecule has 0 unspecified atom stereocenters. The Balaban J connectivity index is 2.16. The molecule has 0 radical (unpaired) electrons. The topological polar surface area (TPSA) is 40.5 Å². The molecule has 0 aromatic heterocycles. The Labute approximate surface area is 124 Å². The molecule has 0 saturated carbocycles. The van der Waals surface area contributed by atoms with Crippen LogP contribution in [0.15, 0.2) is 60.7 Å². The standard InChI is InChI=1S/C19H18O2/c20-18-10-8-14-6-4-2-1-3-5-7-15-9-11-19(21)17(13-15)16(18)12-14/h1-4,8-13,20-21H,5-7H2. The highest BCUT2D eigenvalue weighted by Gasteiger charge is 2.11. The molecule has 2 aromatic carbocycles. The van der Waals surface area contributed by atoms with Crippen LogP contribution in [0.5, 0.6) is 11.5 Å². The molecular weight excluding hydrogens is 260 g/mol. The number of rotatable bonds is 0. The molecule has 4 bridgehead atoms. The average Bonchev–Trinajstić information content (AvgIpc) is 2.50. The summed E-state index contributed by atoms with van der Waals surface area (Å²) >= 11 is 0. The lowest BCUT2D eigenvalue weighted by molar-refractivity contribution is 0.469. The Morgan fingerprint density at radius 1 is 0.714 bits per heavy atom. The van der Waals surface area contributed by atoms with Gasteiger partial charge in [0, 0.05) is 11.1 Å². The first-order valence-corrected chi connectivity index (χ1v) is 7.20. The van der Waals surface area contributed by atoms with E-state index in [9.17, 15) is 10.2 Å². The van der Waals surface area contributed by atoms with Gasteiger partial charge in [0.05, 0.1) is 0 Å². The first kappa shape index (κ1) is 13.5. The summed E-state index contributed by atoms with van der Waals surface area (Å²) in [5, 5.41) is 20.3. The molecule has 2 heteroatoms. The number of fused-ring (bicyclic) bond motifs is 5. The van der Waals surface area contributed by atoms with E-state index in [1.807, 2.05) is 24.3 Å². The van der Waals surface area contributed by atoms with Gasteiger partial charge in [0.25, 0.3) is 0 Å². The number of hydrogen-bond acceptors (Lipinski definition) is 2. The largest absolute Gasteiger partial charge is 0.507 e. The first-order chi connectivity index (χ1) is 10.2. The van der Waals surface area contributed by atoms with Gasteiger partial charge in [0.1, 0.15) is 11.5 Å². The summed E-state index contributed by atoms with van der Waals surface area (Å²) < 4.78 is 0. The molecular formula is C19H18O2. The van der Waals surface area contributed by atoms with Gasteiger partial charge >= 0.3 is 0 Å². The van der Waals surface area contributed by atoms with Gasteiger partial charge < -0.3 is 10.2 Å². The lowest BCUT2D eigenvalue weighted by Crippen LogP contribution is -1.89. The van der Waals surface area contributed by atoms with Crippen molar-refractivity contribution in [2.24, 2.45) is 0 Å². The second kappa shape index (κ2) is 5.88. The Morgan fingerprint density at radius 2 is 1.33 bits per heavy atom. The molecule has 2 aromatic rings. The van der Waals surface area contributed by atoms with Crippen molar-refractivity contribution >= 4 is 0 Å². The number of aryl methyl sites for hydroxylation is 1. The number of phenols is 2. The van der Waals surface area contributed by atoms with E-state index in [4.69, 9.17) is 0 Å². The van der Waals surface area contributed by atoms with E-state index in [1.165, 1.54) is 0 Å². The molecule has 1 aliphatic rings. The minimum absolute atomic E-state index is 0.197. The van der Waals surface area contributed by atoms with Crippen LogP contribution in [0.2, 0.25) is 0 Å². The van der Waals surface area contributed by atoms with Gasteiger partial charge in [-0.05, 0) is 54.7 Å². The normalized spacial score (nSPS) is 14.1. The van der Waals surface area contributed by atoms with E-state index in [0.29, 0.717) is 11.1 Å². The summed E-state index contributed by atoms with van der Waals surface area (Å²) in [7, 11) is 0. The summed E-state index contributed by atoms with van der Waals surface area (Å²) in [5.41, 5.74) is 3.64. The fourth-order valence-electron chi connectivity index (χ4n) is 2.59. The minimum Gasteiger partial charge on any atom is -0.507 e. The molecule has 1 aliphatic carbocycles. The molecule has 0 spiro atoms. The first-order valence-electron chi connectivity index (χ1n) is 7.20. The van der Waals surface area contributed by atoms with Gasteiger partial charge in [-0.25, -0.2) is 0 Å². The summed E-state index contributed by atoms with van der Waals surface area (Å²) in [5.74, 6) is 0.398. The van der Waals surface area contributed by atoms with Crippen molar-refractivity contribution in [1.29, 1.82) is 0 Å². The van der Waals surface area contributed by atoms with E-state index in [2.05, 4.69) is 24.3 Å². The predicted molar refractivity (Wildman–Crippen MR) is 85.5 cm³/mol. The van der Waals surface area contributed by atoms with E-state index >= 15 is 0 Å². The number of allylic oxidation sites excluding steroid dienone is 4. The van der Waals surface area contributed by atoms with Crippen molar-refractivity contribution in [3.8, 4) is 22.6 Å². The maximum absolute atomic E-state index is 10.1. The highest BCUT2D eigenvalue weighted by atomic mass is 16.3. The zero-order valence-corrected chi connectivity index (χ0v) is 11.8. The van der Waals surface area contributed by atoms with Crippen molar-refractivity contribution in [1.82, 2.24) is 0 Å². The van der Waals surface area contributed by atoms with Crippen LogP contribution in [0, 0.1) is 0 Å². The van der Waals surface area contributed by atoms with E-state index in [0.717, 1.165) is 30.4 Å². The van der Waals surface area contributed by atoms with Crippen LogP contribution >= 0.6 is 0 Å². The number of hydrogen-bond donors (Lipinski definition) is 2. The average molecular weight is 278 g/mol. The molecule has 0 heterocycles. The van der Waals surface area contributed by atoms with Gasteiger partial charge in [0.2, 0.25) is 0 Å². The minimum atomic E-state index is 0.197. The fraction of sp³-hybridized carbons (Fsp3) is 0.158. The zero-order chi connectivity index (χ0) is 14.7. The van der Waals surface area contributed by atoms with Gasteiger partial charge in [-0.3, -0.25) is 0 Å². The summed E-state index contributed by atoms with van der Waals surface area (Å²) in [4.78, 5) is 0. The van der Waals surface area contributed by atoms with Crippen molar-refractivity contribution in [3.63, 3.8) is 0 Å². The van der Waals surface area contributed by atoms with Crippen LogP contribution in [-0.4, -0.2) is 10.2 Å². The highest BCUT2D eigenvalue weighted by Crippen LogP contribution is 2.37. The summed E-state index contributed by atoms with van der Waals surface area (Å²) in [6.07, 6.45) is 11.0. The van der Waals surface area contributed by atoms with Gasteiger partial charge in [-0.1, -0.05) is 36.4 Å². The third-order valence-corrected chi connectivity index (χ3v) is 3.75. The molecule has 21 heavy (non-hydrogen) atoms. The molecule has 3 rings (SSSR count). The molecule has 2 nitrogen and oxygen atoms in total. The Morgan fingerprint density at radius 3 is 2.10 bits per heavy atom. The van der Waals surface area contributed by atoms with Crippen LogP contribution in [0.3, 0.4) is 0 Å². The van der Waals surface area contributed by atoms with Crippen LogP contribution in [-0.2, 0) is 12.8 Å². The molecule has 106 valence electrons. The number of aromatic hydroxyl groups is 2. The van der Waals surface area contributed by atoms with Crippen molar-refractivity contribution in [3.05, 3.63) is 71.8 Å². The third kappa shape index (κ3) is 3.00. The highest BCUT2D eigenvalue weighted by molar-refractivity contribution is 5.76. The molecule has 0 atom stereocenters. The fourth-order valence-corrected chi connectivity index (χ4v) is 2.59. The lowest BCUT2D eigenvalue weighted by atomic mass is 9.97. The van der Waals surface area contributed by atoms with Crippen LogP contribution in [0.4, 0.5) is 0 Å². The van der Waals surface area contributed by atoms with Crippen LogP contribution in [0.1, 0.15) is 17.5 Å². The molecule has 0 amide bonds. The molecule has 2 N–H and O–H groups in total. The smallest absolute Gasteiger partial charge is 0.123 e. The Hall–Kier alpha value is -2.48. The Kier molecular flexibility index (Phi) is 3.78. The molecule has 0 fully saturated rings. The van der Waals surface area contributed by atoms with E-state index in [-0.39, 0.29) is 11.5 Å². The number of benzene rings is 2. The number of phenolic OH excluding ortho intramolecular Hbond substituents is 2. The Bertz CT molecular complexity index is 712. The van der Waals surface area contributed by atoms with Crippen LogP contribution in [0.25, 0.3) is 11.1 Å². The molecule has 0 aliphatic heterocycles. The SMILES string of the molecule is Oc1ccc2cc1-c1cc(ccc1O)CCC=CC=CC2. The van der Waals surface area contributed by atoms with Crippen molar-refractivity contribution in [2.45, 2.75) is 19.3 Å². The maximum atomic E-state index is 10.1. The molecule has 0 saturated heterocycles. The lowest BCUT2D eigenvalue weighted by Gasteiger charge is -2.11. The van der Waals surface area contributed by atoms with Gasteiger partial charge in [-0.2, -0.15) is 0 Å². The van der Waals surface area contributed by atoms with Crippen LogP contribution < -0.4 is 0 Å². The van der Waals surface area contributed by atoms with Crippen molar-refractivity contribution < 1.29 is 10.2 Å². The second-order valence-corrected chi connectivity index (χ2v) is 5.30. The predicted octanol–water partition coefficient (Wildman–Crippen LogP) is 4.37. The van der Waals surface area contributed by atoms with Gasteiger partial charge in [-0.15, -0.1) is 0 Å².